The van der Waals surface area contributed by atoms with Gasteiger partial charge in [-0.25, -0.2) is 4.68 Å². The second-order valence-corrected chi connectivity index (χ2v) is 10.5. The number of carbonyl (C=O) groups is 1. The number of fused-ring (bicyclic) bond motifs is 1. The molecule has 6 heteroatoms. The van der Waals surface area contributed by atoms with Crippen LogP contribution in [-0.4, -0.2) is 29.8 Å². The van der Waals surface area contributed by atoms with Crippen molar-refractivity contribution < 1.29 is 14.3 Å². The molecule has 5 rings (SSSR count). The van der Waals surface area contributed by atoms with Gasteiger partial charge >= 0.3 is 0 Å². The highest BCUT2D eigenvalue weighted by Crippen LogP contribution is 2.40. The molecule has 0 aliphatic carbocycles. The van der Waals surface area contributed by atoms with Crippen LogP contribution in [0.2, 0.25) is 0 Å². The molecule has 1 aromatic heterocycles. The van der Waals surface area contributed by atoms with E-state index in [9.17, 15) is 4.79 Å². The van der Waals surface area contributed by atoms with Crippen LogP contribution in [-0.2, 0) is 5.54 Å². The standard InChI is InChI=1S/C32H35N3O3/c1-32(2)20-29(24-8-6-5-7-9-24)34-31-28(21-33-35(31)32)30(36)19-18-27(22-10-14-25(37-3)15-11-22)23-12-16-26(38-4)17-13-23/h5-17,21,27,29,34H,18-20H2,1-4H3. The SMILES string of the molecule is COc1ccc(C(CCC(=O)c2cnn3c2NC(c2ccccc2)CC3(C)C)c2ccc(OC)cc2)cc1. The fourth-order valence-electron chi connectivity index (χ4n) is 5.45. The van der Waals surface area contributed by atoms with Crippen LogP contribution in [0.4, 0.5) is 5.82 Å². The van der Waals surface area contributed by atoms with Crippen LogP contribution in [0.15, 0.2) is 85.1 Å². The lowest BCUT2D eigenvalue weighted by molar-refractivity contribution is 0.0979. The number of ketones is 1. The maximum atomic E-state index is 13.7. The van der Waals surface area contributed by atoms with Crippen molar-refractivity contribution in [3.63, 3.8) is 0 Å². The van der Waals surface area contributed by atoms with Gasteiger partial charge in [-0.3, -0.25) is 4.79 Å². The van der Waals surface area contributed by atoms with Crippen LogP contribution >= 0.6 is 0 Å². The van der Waals surface area contributed by atoms with Crippen molar-refractivity contribution in [2.75, 3.05) is 19.5 Å². The number of hydrogen-bond donors (Lipinski definition) is 1. The Hall–Kier alpha value is -4.06. The molecule has 1 aliphatic heterocycles. The van der Waals surface area contributed by atoms with Gasteiger partial charge in [-0.2, -0.15) is 5.10 Å². The van der Waals surface area contributed by atoms with E-state index in [4.69, 9.17) is 9.47 Å². The highest BCUT2D eigenvalue weighted by atomic mass is 16.5. The van der Waals surface area contributed by atoms with E-state index < -0.39 is 0 Å². The van der Waals surface area contributed by atoms with Crippen molar-refractivity contribution in [2.45, 2.75) is 50.6 Å². The average molecular weight is 510 g/mol. The van der Waals surface area contributed by atoms with Gasteiger partial charge in [0.05, 0.1) is 37.6 Å². The number of nitrogens with zero attached hydrogens (tertiary/aromatic N) is 2. The minimum atomic E-state index is -0.214. The zero-order valence-corrected chi connectivity index (χ0v) is 22.5. The Kier molecular flexibility index (Phi) is 7.23. The number of carbonyl (C=O) groups excluding carboxylic acids is 1. The number of ether oxygens (including phenoxy) is 2. The first-order valence-electron chi connectivity index (χ1n) is 13.1. The molecule has 4 aromatic rings. The third-order valence-electron chi connectivity index (χ3n) is 7.56. The van der Waals surface area contributed by atoms with Gasteiger partial charge in [-0.05, 0) is 67.6 Å². The number of methoxy groups -OCH3 is 2. The van der Waals surface area contributed by atoms with E-state index in [0.29, 0.717) is 18.4 Å². The number of hydrogen-bond acceptors (Lipinski definition) is 5. The van der Waals surface area contributed by atoms with Gasteiger partial charge < -0.3 is 14.8 Å². The lowest BCUT2D eigenvalue weighted by Gasteiger charge is -2.38. The highest BCUT2D eigenvalue weighted by molar-refractivity contribution is 6.00. The molecule has 0 radical (unpaired) electrons. The molecule has 0 spiro atoms. The maximum Gasteiger partial charge on any atom is 0.168 e. The summed E-state index contributed by atoms with van der Waals surface area (Å²) in [5.74, 6) is 2.59. The van der Waals surface area contributed by atoms with Crippen molar-refractivity contribution in [3.05, 3.63) is 107 Å². The van der Waals surface area contributed by atoms with E-state index in [1.807, 2.05) is 35.0 Å². The zero-order chi connectivity index (χ0) is 26.7. The van der Waals surface area contributed by atoms with Crippen LogP contribution in [0.1, 0.15) is 72.1 Å². The smallest absolute Gasteiger partial charge is 0.168 e. The predicted molar refractivity (Wildman–Crippen MR) is 150 cm³/mol. The van der Waals surface area contributed by atoms with Gasteiger partial charge in [0.2, 0.25) is 0 Å². The molecule has 1 N–H and O–H groups in total. The molecule has 0 bridgehead atoms. The van der Waals surface area contributed by atoms with E-state index in [1.165, 1.54) is 5.56 Å². The Morgan fingerprint density at radius 3 is 2.08 bits per heavy atom. The van der Waals surface area contributed by atoms with E-state index >= 15 is 0 Å². The molecule has 0 saturated carbocycles. The van der Waals surface area contributed by atoms with Gasteiger partial charge in [-0.1, -0.05) is 54.6 Å². The Balaban J connectivity index is 1.40. The maximum absolute atomic E-state index is 13.7. The molecular formula is C32H35N3O3. The van der Waals surface area contributed by atoms with Crippen molar-refractivity contribution >= 4 is 11.6 Å². The average Bonchev–Trinajstić information content (AvgIpc) is 3.39. The summed E-state index contributed by atoms with van der Waals surface area (Å²) < 4.78 is 12.7. The summed E-state index contributed by atoms with van der Waals surface area (Å²) >= 11 is 0. The molecule has 38 heavy (non-hydrogen) atoms. The lowest BCUT2D eigenvalue weighted by atomic mass is 9.86. The summed E-state index contributed by atoms with van der Waals surface area (Å²) in [5.41, 5.74) is 3.94. The molecule has 1 aliphatic rings. The fourth-order valence-corrected chi connectivity index (χ4v) is 5.45. The number of nitrogens with one attached hydrogen (secondary N) is 1. The molecule has 3 aromatic carbocycles. The Bertz CT molecular complexity index is 1330. The zero-order valence-electron chi connectivity index (χ0n) is 22.5. The second-order valence-electron chi connectivity index (χ2n) is 10.5. The van der Waals surface area contributed by atoms with Crippen molar-refractivity contribution in [2.24, 2.45) is 0 Å². The summed E-state index contributed by atoms with van der Waals surface area (Å²) in [6, 6.07) is 26.7. The summed E-state index contributed by atoms with van der Waals surface area (Å²) in [4.78, 5) is 13.7. The van der Waals surface area contributed by atoms with E-state index in [2.05, 4.69) is 72.8 Å². The third kappa shape index (κ3) is 5.17. The van der Waals surface area contributed by atoms with Crippen LogP contribution in [0.25, 0.3) is 0 Å². The van der Waals surface area contributed by atoms with E-state index in [-0.39, 0.29) is 23.3 Å². The lowest BCUT2D eigenvalue weighted by Crippen LogP contribution is -2.38. The largest absolute Gasteiger partial charge is 0.497 e. The van der Waals surface area contributed by atoms with Crippen LogP contribution in [0.5, 0.6) is 11.5 Å². The summed E-state index contributed by atoms with van der Waals surface area (Å²) in [6.45, 7) is 4.36. The molecular weight excluding hydrogens is 474 g/mol. The second kappa shape index (κ2) is 10.7. The number of rotatable bonds is 9. The van der Waals surface area contributed by atoms with Crippen LogP contribution in [0.3, 0.4) is 0 Å². The number of aromatic nitrogens is 2. The van der Waals surface area contributed by atoms with Gasteiger partial charge in [0.15, 0.2) is 5.78 Å². The predicted octanol–water partition coefficient (Wildman–Crippen LogP) is 6.99. The summed E-state index contributed by atoms with van der Waals surface area (Å²) in [7, 11) is 3.33. The normalized spacial score (nSPS) is 16.0. The molecule has 6 nitrogen and oxygen atoms in total. The molecule has 196 valence electrons. The number of benzene rings is 3. The van der Waals surface area contributed by atoms with Crippen LogP contribution < -0.4 is 14.8 Å². The monoisotopic (exact) mass is 509 g/mol. The van der Waals surface area contributed by atoms with Gasteiger partial charge in [-0.15, -0.1) is 0 Å². The van der Waals surface area contributed by atoms with Gasteiger partial charge in [0.25, 0.3) is 0 Å². The molecule has 1 unspecified atom stereocenters. The van der Waals surface area contributed by atoms with Gasteiger partial charge in [0.1, 0.15) is 17.3 Å². The number of anilines is 1. The minimum Gasteiger partial charge on any atom is -0.497 e. The van der Waals surface area contributed by atoms with Crippen molar-refractivity contribution in [1.29, 1.82) is 0 Å². The van der Waals surface area contributed by atoms with Gasteiger partial charge in [0, 0.05) is 12.3 Å². The molecule has 0 saturated heterocycles. The molecule has 0 fully saturated rings. The number of Topliss-reactive ketones (excluding diaryl/α,β-unsaturated/α-hetero) is 1. The Morgan fingerprint density at radius 2 is 1.53 bits per heavy atom. The summed E-state index contributed by atoms with van der Waals surface area (Å²) in [5, 5.41) is 8.27. The molecule has 2 heterocycles. The Morgan fingerprint density at radius 1 is 0.947 bits per heavy atom. The summed E-state index contributed by atoms with van der Waals surface area (Å²) in [6.07, 6.45) is 3.69. The van der Waals surface area contributed by atoms with Crippen molar-refractivity contribution in [1.82, 2.24) is 9.78 Å². The first kappa shape index (κ1) is 25.6. The van der Waals surface area contributed by atoms with Crippen molar-refractivity contribution in [3.8, 4) is 11.5 Å². The van der Waals surface area contributed by atoms with Crippen LogP contribution in [0, 0.1) is 0 Å². The first-order valence-corrected chi connectivity index (χ1v) is 13.1. The topological polar surface area (TPSA) is 65.4 Å². The minimum absolute atomic E-state index is 0.0589. The highest BCUT2D eigenvalue weighted by Gasteiger charge is 2.36. The van der Waals surface area contributed by atoms with E-state index in [1.54, 1.807) is 20.4 Å². The fraction of sp³-hybridized carbons (Fsp3) is 0.312. The van der Waals surface area contributed by atoms with E-state index in [0.717, 1.165) is 34.9 Å². The first-order chi connectivity index (χ1) is 18.4. The molecule has 1 atom stereocenters. The quantitative estimate of drug-likeness (QED) is 0.246. The molecule has 0 amide bonds. The third-order valence-corrected chi connectivity index (χ3v) is 7.56. The Labute approximate surface area is 224 Å².